The summed E-state index contributed by atoms with van der Waals surface area (Å²) in [4.78, 5) is 49.6. The smallest absolute Gasteiger partial charge is 0.338 e. The van der Waals surface area contributed by atoms with Crippen LogP contribution in [0.15, 0.2) is 60.4 Å². The van der Waals surface area contributed by atoms with Crippen LogP contribution in [0.25, 0.3) is 10.9 Å². The topological polar surface area (TPSA) is 104 Å². The number of Topliss-reactive ketones (excluding diaryl/α,β-unsaturated/α-hetero) is 1. The molecular formula is C24H19ClN2O6. The Bertz CT molecular complexity index is 1310. The molecule has 9 heteroatoms. The number of halogens is 1. The fourth-order valence-corrected chi connectivity index (χ4v) is 3.72. The van der Waals surface area contributed by atoms with Crippen molar-refractivity contribution >= 4 is 46.1 Å². The molecule has 1 N–H and O–H groups in total. The molecule has 1 aliphatic rings. The second-order valence-corrected chi connectivity index (χ2v) is 7.71. The highest BCUT2D eigenvalue weighted by molar-refractivity contribution is 6.45. The van der Waals surface area contributed by atoms with Crippen molar-refractivity contribution in [3.05, 3.63) is 82.1 Å². The minimum absolute atomic E-state index is 0.0472. The number of hydrogen-bond donors (Lipinski definition) is 1. The Morgan fingerprint density at radius 1 is 1.12 bits per heavy atom. The summed E-state index contributed by atoms with van der Waals surface area (Å²) in [6.07, 6.45) is 2.65. The zero-order chi connectivity index (χ0) is 23.5. The number of ketones is 1. The molecule has 0 unspecified atom stereocenters. The maximum Gasteiger partial charge on any atom is 0.338 e. The van der Waals surface area contributed by atoms with Crippen LogP contribution in [-0.2, 0) is 25.6 Å². The highest BCUT2D eigenvalue weighted by Gasteiger charge is 2.27. The Hall–Kier alpha value is -3.91. The number of fused-ring (bicyclic) bond motifs is 1. The van der Waals surface area contributed by atoms with Gasteiger partial charge in [-0.2, -0.15) is 0 Å². The Morgan fingerprint density at radius 2 is 1.88 bits per heavy atom. The van der Waals surface area contributed by atoms with E-state index in [1.807, 2.05) is 12.1 Å². The van der Waals surface area contributed by atoms with Gasteiger partial charge in [-0.05, 0) is 36.8 Å². The second-order valence-electron chi connectivity index (χ2n) is 7.28. The molecule has 1 aliphatic heterocycles. The molecule has 0 radical (unpaired) electrons. The van der Waals surface area contributed by atoms with Gasteiger partial charge in [-0.15, -0.1) is 0 Å². The van der Waals surface area contributed by atoms with Crippen molar-refractivity contribution in [2.45, 2.75) is 13.5 Å². The molecule has 33 heavy (non-hydrogen) atoms. The molecule has 0 saturated heterocycles. The molecule has 0 fully saturated rings. The van der Waals surface area contributed by atoms with Gasteiger partial charge in [0.1, 0.15) is 6.61 Å². The molecule has 1 amide bonds. The normalized spacial score (nSPS) is 12.9. The van der Waals surface area contributed by atoms with Crippen molar-refractivity contribution in [2.24, 2.45) is 0 Å². The van der Waals surface area contributed by atoms with Crippen LogP contribution in [0, 0.1) is 0 Å². The van der Waals surface area contributed by atoms with Crippen molar-refractivity contribution in [3.63, 3.8) is 0 Å². The van der Waals surface area contributed by atoms with Gasteiger partial charge < -0.3 is 19.4 Å². The fraction of sp³-hybridized carbons (Fsp3) is 0.167. The van der Waals surface area contributed by atoms with Crippen molar-refractivity contribution in [2.75, 3.05) is 13.2 Å². The fourth-order valence-electron chi connectivity index (χ4n) is 3.59. The lowest BCUT2D eigenvalue weighted by Crippen LogP contribution is -2.31. The molecule has 0 spiro atoms. The van der Waals surface area contributed by atoms with Crippen LogP contribution >= 0.6 is 11.6 Å². The Labute approximate surface area is 193 Å². The van der Waals surface area contributed by atoms with E-state index in [1.54, 1.807) is 41.8 Å². The third-order valence-corrected chi connectivity index (χ3v) is 5.31. The van der Waals surface area contributed by atoms with E-state index in [4.69, 9.17) is 21.1 Å². The maximum atomic E-state index is 13.1. The first-order valence-corrected chi connectivity index (χ1v) is 10.5. The quantitative estimate of drug-likeness (QED) is 0.325. The van der Waals surface area contributed by atoms with Gasteiger partial charge in [-0.3, -0.25) is 9.59 Å². The van der Waals surface area contributed by atoms with Crippen molar-refractivity contribution < 1.29 is 28.7 Å². The number of nitrogens with zero attached hydrogens (tertiary/aromatic N) is 1. The van der Waals surface area contributed by atoms with Crippen LogP contribution in [-0.4, -0.2) is 41.4 Å². The first kappa shape index (κ1) is 22.3. The lowest BCUT2D eigenvalue weighted by molar-refractivity contribution is -0.135. The minimum atomic E-state index is -0.941. The van der Waals surface area contributed by atoms with Crippen LogP contribution in [0.3, 0.4) is 0 Å². The number of amides is 1. The number of carbonyl (C=O) groups excluding carboxylic acids is 4. The predicted octanol–water partition coefficient (Wildman–Crippen LogP) is 3.26. The number of rotatable bonds is 7. The summed E-state index contributed by atoms with van der Waals surface area (Å²) in [5.74, 6) is -2.99. The minimum Gasteiger partial charge on any atom is -0.462 e. The van der Waals surface area contributed by atoms with Crippen molar-refractivity contribution in [3.8, 4) is 0 Å². The van der Waals surface area contributed by atoms with Gasteiger partial charge in [0.2, 0.25) is 0 Å². The zero-order valence-electron chi connectivity index (χ0n) is 17.6. The number of hydrogen-bond acceptors (Lipinski definition) is 6. The number of benzene rings is 2. The summed E-state index contributed by atoms with van der Waals surface area (Å²) in [7, 11) is 0. The summed E-state index contributed by atoms with van der Waals surface area (Å²) in [5, 5.41) is 3.31. The first-order chi connectivity index (χ1) is 15.9. The lowest BCUT2D eigenvalue weighted by atomic mass is 10.0. The molecule has 1 aromatic heterocycles. The molecule has 0 saturated carbocycles. The molecule has 0 bridgehead atoms. The van der Waals surface area contributed by atoms with Crippen LogP contribution < -0.4 is 5.32 Å². The Morgan fingerprint density at radius 3 is 2.55 bits per heavy atom. The molecule has 3 aromatic rings. The second kappa shape index (κ2) is 9.30. The van der Waals surface area contributed by atoms with Gasteiger partial charge in [0.15, 0.2) is 0 Å². The Balaban J connectivity index is 1.77. The van der Waals surface area contributed by atoms with Crippen molar-refractivity contribution in [1.29, 1.82) is 0 Å². The number of ether oxygens (including phenoxy) is 2. The number of esters is 2. The SMILES string of the molecule is CCOC(=O)c1cccc2c1c(C(=O)C(=O)NC1=CC(=O)OC1)cn2Cc1ccc(Cl)cc1. The van der Waals surface area contributed by atoms with Crippen molar-refractivity contribution in [1.82, 2.24) is 9.88 Å². The lowest BCUT2D eigenvalue weighted by Gasteiger charge is -2.08. The number of nitrogens with one attached hydrogen (secondary N) is 1. The van der Waals surface area contributed by atoms with Gasteiger partial charge in [-0.25, -0.2) is 9.59 Å². The third-order valence-electron chi connectivity index (χ3n) is 5.05. The maximum absolute atomic E-state index is 13.1. The molecular weight excluding hydrogens is 448 g/mol. The summed E-state index contributed by atoms with van der Waals surface area (Å²) < 4.78 is 11.7. The van der Waals surface area contributed by atoms with Gasteiger partial charge in [0.05, 0.1) is 23.4 Å². The summed E-state index contributed by atoms with van der Waals surface area (Å²) >= 11 is 5.97. The Kier molecular flexibility index (Phi) is 6.28. The molecule has 2 aromatic carbocycles. The van der Waals surface area contributed by atoms with Gasteiger partial charge in [0, 0.05) is 34.7 Å². The standard InChI is InChI=1S/C24H19ClN2O6/c1-2-32-24(31)17-4-3-5-19-21(17)18(12-27(19)11-14-6-8-15(25)9-7-14)22(29)23(30)26-16-10-20(28)33-13-16/h3-10,12H,2,11,13H2,1H3,(H,26,30). The number of carbonyl (C=O) groups is 4. The average Bonchev–Trinajstić information content (AvgIpc) is 3.38. The number of aromatic nitrogens is 1. The van der Waals surface area contributed by atoms with E-state index in [-0.39, 0.29) is 30.0 Å². The van der Waals surface area contributed by atoms with Crippen LogP contribution in [0.1, 0.15) is 33.2 Å². The molecule has 0 aliphatic carbocycles. The monoisotopic (exact) mass is 466 g/mol. The predicted molar refractivity (Wildman–Crippen MR) is 120 cm³/mol. The van der Waals surface area contributed by atoms with E-state index in [1.165, 1.54) is 6.20 Å². The van der Waals surface area contributed by atoms with E-state index in [2.05, 4.69) is 5.32 Å². The highest BCUT2D eigenvalue weighted by Crippen LogP contribution is 2.28. The first-order valence-electron chi connectivity index (χ1n) is 10.1. The highest BCUT2D eigenvalue weighted by atomic mass is 35.5. The van der Waals surface area contributed by atoms with E-state index in [0.29, 0.717) is 22.5 Å². The molecule has 168 valence electrons. The van der Waals surface area contributed by atoms with Crippen LogP contribution in [0.5, 0.6) is 0 Å². The largest absolute Gasteiger partial charge is 0.462 e. The average molecular weight is 467 g/mol. The van der Waals surface area contributed by atoms with E-state index in [9.17, 15) is 19.2 Å². The molecule has 2 heterocycles. The van der Waals surface area contributed by atoms with Gasteiger partial charge in [-0.1, -0.05) is 29.8 Å². The zero-order valence-corrected chi connectivity index (χ0v) is 18.3. The summed E-state index contributed by atoms with van der Waals surface area (Å²) in [6.45, 7) is 2.10. The van der Waals surface area contributed by atoms with Crippen LogP contribution in [0.4, 0.5) is 0 Å². The molecule has 8 nitrogen and oxygen atoms in total. The van der Waals surface area contributed by atoms with Crippen LogP contribution in [0.2, 0.25) is 5.02 Å². The molecule has 4 rings (SSSR count). The van der Waals surface area contributed by atoms with E-state index < -0.39 is 23.6 Å². The summed E-state index contributed by atoms with van der Waals surface area (Å²) in [5.41, 5.74) is 1.91. The number of cyclic esters (lactones) is 1. The third kappa shape index (κ3) is 4.65. The van der Waals surface area contributed by atoms with Gasteiger partial charge in [0.25, 0.3) is 11.7 Å². The van der Waals surface area contributed by atoms with E-state index in [0.717, 1.165) is 11.6 Å². The van der Waals surface area contributed by atoms with E-state index >= 15 is 0 Å². The summed E-state index contributed by atoms with van der Waals surface area (Å²) in [6, 6.07) is 12.2. The molecule has 0 atom stereocenters. The van der Waals surface area contributed by atoms with Gasteiger partial charge >= 0.3 is 11.9 Å².